The summed E-state index contributed by atoms with van der Waals surface area (Å²) in [6.45, 7) is 1.81. The molecule has 8 heteroatoms. The van der Waals surface area contributed by atoms with E-state index in [-0.39, 0.29) is 10.2 Å². The summed E-state index contributed by atoms with van der Waals surface area (Å²) in [4.78, 5) is 7.76. The number of aryl methyl sites for hydroxylation is 2. The van der Waals surface area contributed by atoms with Crippen molar-refractivity contribution in [3.8, 4) is 0 Å². The molecular formula is C10H11ClN4O2S. The highest BCUT2D eigenvalue weighted by Crippen LogP contribution is 2.21. The lowest BCUT2D eigenvalue weighted by Gasteiger charge is -2.06. The Hall–Kier alpha value is -1.60. The van der Waals surface area contributed by atoms with Gasteiger partial charge in [0.2, 0.25) is 5.03 Å². The third-order valence-corrected chi connectivity index (χ3v) is 4.12. The molecule has 0 unspecified atom stereocenters. The van der Waals surface area contributed by atoms with E-state index in [1.165, 1.54) is 17.1 Å². The van der Waals surface area contributed by atoms with Gasteiger partial charge in [-0.15, -0.1) is 0 Å². The quantitative estimate of drug-likeness (QED) is 0.929. The van der Waals surface area contributed by atoms with Crippen LogP contribution in [0.2, 0.25) is 5.15 Å². The van der Waals surface area contributed by atoms with Crippen molar-refractivity contribution in [2.24, 2.45) is 7.05 Å². The van der Waals surface area contributed by atoms with Gasteiger partial charge in [0.05, 0.1) is 18.2 Å². The Bertz CT molecular complexity index is 664. The standard InChI is InChI=1S/C10H11ClN4O2S/c1-7-3-4-8(5-12-7)14-18(16,17)10-9(11)15(2)6-13-10/h3-6,14H,1-2H3. The molecule has 0 saturated heterocycles. The van der Waals surface area contributed by atoms with Crippen molar-refractivity contribution in [2.45, 2.75) is 11.9 Å². The number of hydrogen-bond donors (Lipinski definition) is 1. The molecule has 2 rings (SSSR count). The van der Waals surface area contributed by atoms with E-state index in [1.807, 2.05) is 6.92 Å². The average Bonchev–Trinajstić information content (AvgIpc) is 2.63. The zero-order chi connectivity index (χ0) is 13.3. The number of nitrogens with one attached hydrogen (secondary N) is 1. The molecule has 6 nitrogen and oxygen atoms in total. The van der Waals surface area contributed by atoms with E-state index in [0.29, 0.717) is 5.69 Å². The Morgan fingerprint density at radius 2 is 2.06 bits per heavy atom. The minimum atomic E-state index is -3.79. The summed E-state index contributed by atoms with van der Waals surface area (Å²) in [6.07, 6.45) is 2.77. The molecule has 1 N–H and O–H groups in total. The highest BCUT2D eigenvalue weighted by molar-refractivity contribution is 7.92. The van der Waals surface area contributed by atoms with Gasteiger partial charge < -0.3 is 4.57 Å². The van der Waals surface area contributed by atoms with E-state index in [2.05, 4.69) is 14.7 Å². The van der Waals surface area contributed by atoms with Crippen LogP contribution in [0.5, 0.6) is 0 Å². The summed E-state index contributed by atoms with van der Waals surface area (Å²) < 4.78 is 27.8. The van der Waals surface area contributed by atoms with Crippen molar-refractivity contribution < 1.29 is 8.42 Å². The average molecular weight is 287 g/mol. The first-order chi connectivity index (χ1) is 8.40. The SMILES string of the molecule is Cc1ccc(NS(=O)(=O)c2ncn(C)c2Cl)cn1. The van der Waals surface area contributed by atoms with Crippen LogP contribution in [0.4, 0.5) is 5.69 Å². The van der Waals surface area contributed by atoms with Crippen LogP contribution < -0.4 is 4.72 Å². The largest absolute Gasteiger partial charge is 0.324 e. The number of sulfonamides is 1. The van der Waals surface area contributed by atoms with Gasteiger partial charge in [-0.2, -0.15) is 8.42 Å². The Kier molecular flexibility index (Phi) is 3.27. The minimum absolute atomic E-state index is 0.0579. The van der Waals surface area contributed by atoms with Gasteiger partial charge in [0, 0.05) is 12.7 Å². The van der Waals surface area contributed by atoms with Gasteiger partial charge in [-0.05, 0) is 19.1 Å². The molecule has 0 bridgehead atoms. The van der Waals surface area contributed by atoms with E-state index in [0.717, 1.165) is 5.69 Å². The zero-order valence-electron chi connectivity index (χ0n) is 9.75. The Morgan fingerprint density at radius 3 is 2.56 bits per heavy atom. The highest BCUT2D eigenvalue weighted by atomic mass is 35.5. The van der Waals surface area contributed by atoms with Crippen LogP contribution in [0, 0.1) is 6.92 Å². The van der Waals surface area contributed by atoms with E-state index in [1.54, 1.807) is 19.2 Å². The lowest BCUT2D eigenvalue weighted by molar-refractivity contribution is 0.598. The summed E-state index contributed by atoms with van der Waals surface area (Å²) in [5, 5.41) is -0.144. The minimum Gasteiger partial charge on any atom is -0.324 e. The topological polar surface area (TPSA) is 76.9 Å². The number of aromatic nitrogens is 3. The molecule has 0 aromatic carbocycles. The van der Waals surface area contributed by atoms with Crippen LogP contribution >= 0.6 is 11.6 Å². The first kappa shape index (κ1) is 12.8. The van der Waals surface area contributed by atoms with Crippen molar-refractivity contribution in [1.82, 2.24) is 14.5 Å². The third-order valence-electron chi connectivity index (χ3n) is 2.25. The Labute approximate surface area is 110 Å². The molecule has 0 radical (unpaired) electrons. The molecule has 0 amide bonds. The second-order valence-corrected chi connectivity index (χ2v) is 5.70. The molecule has 96 valence electrons. The maximum atomic E-state index is 12.0. The van der Waals surface area contributed by atoms with Crippen LogP contribution in [0.15, 0.2) is 29.7 Å². The van der Waals surface area contributed by atoms with Crippen molar-refractivity contribution in [3.63, 3.8) is 0 Å². The van der Waals surface area contributed by atoms with Crippen LogP contribution in [0.25, 0.3) is 0 Å². The molecule has 0 spiro atoms. The van der Waals surface area contributed by atoms with E-state index in [9.17, 15) is 8.42 Å². The van der Waals surface area contributed by atoms with Crippen molar-refractivity contribution in [2.75, 3.05) is 4.72 Å². The lowest BCUT2D eigenvalue weighted by atomic mass is 10.4. The first-order valence-corrected chi connectivity index (χ1v) is 6.88. The molecule has 0 fully saturated rings. The predicted octanol–water partition coefficient (Wildman–Crippen LogP) is 1.58. The number of anilines is 1. The van der Waals surface area contributed by atoms with Gasteiger partial charge in [0.15, 0.2) is 0 Å². The second kappa shape index (κ2) is 4.58. The number of nitrogens with zero attached hydrogens (tertiary/aromatic N) is 3. The van der Waals surface area contributed by atoms with Gasteiger partial charge in [0.1, 0.15) is 5.15 Å². The smallest absolute Gasteiger partial charge is 0.282 e. The maximum Gasteiger partial charge on any atom is 0.282 e. The molecule has 2 heterocycles. The normalized spacial score (nSPS) is 11.5. The summed E-state index contributed by atoms with van der Waals surface area (Å²) in [7, 11) is -2.18. The fourth-order valence-corrected chi connectivity index (χ4v) is 2.78. The number of pyridine rings is 1. The molecule has 0 atom stereocenters. The molecule has 2 aromatic rings. The van der Waals surface area contributed by atoms with E-state index >= 15 is 0 Å². The van der Waals surface area contributed by atoms with Gasteiger partial charge in [-0.1, -0.05) is 11.6 Å². The van der Waals surface area contributed by atoms with E-state index < -0.39 is 10.0 Å². The fourth-order valence-electron chi connectivity index (χ4n) is 1.31. The highest BCUT2D eigenvalue weighted by Gasteiger charge is 2.22. The number of imidazole rings is 1. The van der Waals surface area contributed by atoms with Gasteiger partial charge in [-0.3, -0.25) is 9.71 Å². The molecule has 0 aliphatic carbocycles. The summed E-state index contributed by atoms with van der Waals surface area (Å²) >= 11 is 5.85. The monoisotopic (exact) mass is 286 g/mol. The molecular weight excluding hydrogens is 276 g/mol. The summed E-state index contributed by atoms with van der Waals surface area (Å²) in [5.41, 5.74) is 1.16. The fraction of sp³-hybridized carbons (Fsp3) is 0.200. The van der Waals surface area contributed by atoms with Crippen LogP contribution in [0.3, 0.4) is 0 Å². The molecule has 2 aromatic heterocycles. The van der Waals surface area contributed by atoms with Gasteiger partial charge in [-0.25, -0.2) is 4.98 Å². The summed E-state index contributed by atoms with van der Waals surface area (Å²) in [5.74, 6) is 0. The summed E-state index contributed by atoms with van der Waals surface area (Å²) in [6, 6.07) is 3.33. The molecule has 0 aliphatic heterocycles. The molecule has 18 heavy (non-hydrogen) atoms. The zero-order valence-corrected chi connectivity index (χ0v) is 11.3. The Morgan fingerprint density at radius 1 is 1.33 bits per heavy atom. The Balaban J connectivity index is 2.33. The van der Waals surface area contributed by atoms with Gasteiger partial charge in [0.25, 0.3) is 10.0 Å². The third kappa shape index (κ3) is 2.46. The lowest BCUT2D eigenvalue weighted by Crippen LogP contribution is -2.14. The maximum absolute atomic E-state index is 12.0. The second-order valence-electron chi connectivity index (χ2n) is 3.75. The van der Waals surface area contributed by atoms with E-state index in [4.69, 9.17) is 11.6 Å². The number of hydrogen-bond acceptors (Lipinski definition) is 4. The first-order valence-electron chi connectivity index (χ1n) is 5.02. The van der Waals surface area contributed by atoms with Crippen molar-refractivity contribution >= 4 is 27.3 Å². The van der Waals surface area contributed by atoms with Crippen LogP contribution in [0.1, 0.15) is 5.69 Å². The van der Waals surface area contributed by atoms with Crippen molar-refractivity contribution in [1.29, 1.82) is 0 Å². The van der Waals surface area contributed by atoms with Crippen molar-refractivity contribution in [3.05, 3.63) is 35.5 Å². The number of rotatable bonds is 3. The number of halogens is 1. The van der Waals surface area contributed by atoms with Gasteiger partial charge >= 0.3 is 0 Å². The van der Waals surface area contributed by atoms with Crippen LogP contribution in [-0.4, -0.2) is 23.0 Å². The molecule has 0 saturated carbocycles. The predicted molar refractivity (Wildman–Crippen MR) is 68.0 cm³/mol. The van der Waals surface area contributed by atoms with Crippen LogP contribution in [-0.2, 0) is 17.1 Å². The molecule has 0 aliphatic rings.